The topological polar surface area (TPSA) is 106 Å². The Morgan fingerprint density at radius 1 is 1.19 bits per heavy atom. The van der Waals surface area contributed by atoms with Gasteiger partial charge >= 0.3 is 7.82 Å². The number of nitrogens with zero attached hydrogens (tertiary/aromatic N) is 1. The van der Waals surface area contributed by atoms with Gasteiger partial charge in [-0.1, -0.05) is 23.2 Å². The van der Waals surface area contributed by atoms with Crippen LogP contribution in [0.25, 0.3) is 11.0 Å². The van der Waals surface area contributed by atoms with Crippen molar-refractivity contribution in [2.24, 2.45) is 0 Å². The second kappa shape index (κ2) is 5.14. The molecular weight excluding hydrogens is 278 g/mol. The van der Waals surface area contributed by atoms with Gasteiger partial charge in [-0.25, -0.2) is 9.55 Å². The minimum absolute atomic E-state index is 0.534. The molecule has 0 aliphatic heterocycles. The Morgan fingerprint density at radius 2 is 1.69 bits per heavy atom. The van der Waals surface area contributed by atoms with Crippen LogP contribution in [0.5, 0.6) is 0 Å². The lowest BCUT2D eigenvalue weighted by molar-refractivity contribution is 0.275. The zero-order chi connectivity index (χ0) is 12.3. The van der Waals surface area contributed by atoms with E-state index in [1.54, 1.807) is 18.5 Å². The van der Waals surface area contributed by atoms with Gasteiger partial charge in [0.1, 0.15) is 0 Å². The molecule has 2 aromatic rings. The number of benzene rings is 1. The molecule has 0 saturated heterocycles. The van der Waals surface area contributed by atoms with Crippen LogP contribution in [0.4, 0.5) is 0 Å². The summed E-state index contributed by atoms with van der Waals surface area (Å²) in [6, 6.07) is 3.49. The minimum Gasteiger partial charge on any atom is -0.345 e. The molecule has 1 aromatic heterocycles. The molecule has 88 valence electrons. The molecule has 1 aromatic carbocycles. The molecule has 0 saturated carbocycles. The van der Waals surface area contributed by atoms with E-state index in [1.807, 2.05) is 0 Å². The second-order valence-electron chi connectivity index (χ2n) is 2.70. The van der Waals surface area contributed by atoms with Gasteiger partial charge in [-0.2, -0.15) is 0 Å². The highest BCUT2D eigenvalue weighted by atomic mass is 35.5. The Balaban J connectivity index is 0.000000221. The number of imidazole rings is 1. The molecule has 0 aliphatic rings. The van der Waals surface area contributed by atoms with Crippen molar-refractivity contribution >= 4 is 42.1 Å². The van der Waals surface area contributed by atoms with Crippen LogP contribution >= 0.6 is 31.0 Å². The average Bonchev–Trinajstić information content (AvgIpc) is 2.49. The van der Waals surface area contributed by atoms with Crippen molar-refractivity contribution in [3.05, 3.63) is 28.5 Å². The van der Waals surface area contributed by atoms with E-state index in [0.29, 0.717) is 10.0 Å². The molecule has 0 fully saturated rings. The first-order valence-corrected chi connectivity index (χ1v) is 6.16. The molecule has 0 radical (unpaired) electrons. The Kier molecular flexibility index (Phi) is 4.32. The Morgan fingerprint density at radius 3 is 2.25 bits per heavy atom. The lowest BCUT2D eigenvalue weighted by Gasteiger charge is -1.93. The van der Waals surface area contributed by atoms with Gasteiger partial charge in [0.05, 0.1) is 27.4 Å². The third-order valence-electron chi connectivity index (χ3n) is 1.46. The first-order valence-electron chi connectivity index (χ1n) is 3.84. The fourth-order valence-electron chi connectivity index (χ4n) is 0.930. The van der Waals surface area contributed by atoms with Gasteiger partial charge in [0.15, 0.2) is 0 Å². The number of phosphoric acid groups is 1. The third-order valence-corrected chi connectivity index (χ3v) is 2.18. The van der Waals surface area contributed by atoms with Crippen molar-refractivity contribution in [1.29, 1.82) is 0 Å². The normalized spacial score (nSPS) is 11.1. The van der Waals surface area contributed by atoms with E-state index >= 15 is 0 Å². The molecule has 0 bridgehead atoms. The van der Waals surface area contributed by atoms with Crippen LogP contribution in [0.15, 0.2) is 18.5 Å². The molecule has 0 amide bonds. The summed E-state index contributed by atoms with van der Waals surface area (Å²) in [4.78, 5) is 28.5. The minimum atomic E-state index is -4.64. The van der Waals surface area contributed by atoms with Gasteiger partial charge in [0.25, 0.3) is 0 Å². The highest BCUT2D eigenvalue weighted by molar-refractivity contribution is 7.45. The van der Waals surface area contributed by atoms with Crippen molar-refractivity contribution in [2.45, 2.75) is 0 Å². The smallest absolute Gasteiger partial charge is 0.345 e. The lowest BCUT2D eigenvalue weighted by atomic mass is 10.3. The van der Waals surface area contributed by atoms with Crippen molar-refractivity contribution in [2.75, 3.05) is 0 Å². The second-order valence-corrected chi connectivity index (χ2v) is 4.54. The van der Waals surface area contributed by atoms with Crippen molar-refractivity contribution in [3.63, 3.8) is 0 Å². The molecule has 1 heterocycles. The number of aromatic amines is 1. The first kappa shape index (κ1) is 13.4. The van der Waals surface area contributed by atoms with E-state index in [2.05, 4.69) is 9.97 Å². The van der Waals surface area contributed by atoms with Gasteiger partial charge < -0.3 is 19.7 Å². The number of rotatable bonds is 0. The van der Waals surface area contributed by atoms with Crippen LogP contribution in [-0.4, -0.2) is 24.6 Å². The zero-order valence-corrected chi connectivity index (χ0v) is 10.0. The molecule has 0 unspecified atom stereocenters. The van der Waals surface area contributed by atoms with E-state index in [-0.39, 0.29) is 0 Å². The van der Waals surface area contributed by atoms with E-state index in [4.69, 9.17) is 42.4 Å². The van der Waals surface area contributed by atoms with E-state index < -0.39 is 7.82 Å². The highest BCUT2D eigenvalue weighted by Crippen LogP contribution is 2.26. The molecule has 2 rings (SSSR count). The molecular formula is C7H7Cl2N2O4P. The molecule has 4 N–H and O–H groups in total. The molecule has 0 atom stereocenters. The average molecular weight is 285 g/mol. The van der Waals surface area contributed by atoms with Crippen LogP contribution in [0.1, 0.15) is 0 Å². The maximum absolute atomic E-state index is 8.88. The van der Waals surface area contributed by atoms with Crippen molar-refractivity contribution in [1.82, 2.24) is 9.97 Å². The number of nitrogens with one attached hydrogen (secondary N) is 1. The van der Waals surface area contributed by atoms with Gasteiger partial charge in [0, 0.05) is 0 Å². The predicted octanol–water partition coefficient (Wildman–Crippen LogP) is 1.94. The number of hydrogen-bond acceptors (Lipinski definition) is 2. The summed E-state index contributed by atoms with van der Waals surface area (Å²) in [6.45, 7) is 0. The predicted molar refractivity (Wildman–Crippen MR) is 60.4 cm³/mol. The first-order chi connectivity index (χ1) is 7.27. The summed E-state index contributed by atoms with van der Waals surface area (Å²) >= 11 is 11.5. The summed E-state index contributed by atoms with van der Waals surface area (Å²) in [5.41, 5.74) is 1.74. The fourth-order valence-corrected chi connectivity index (χ4v) is 1.25. The van der Waals surface area contributed by atoms with E-state index in [1.165, 1.54) is 0 Å². The number of aromatic nitrogens is 2. The molecule has 0 spiro atoms. The van der Waals surface area contributed by atoms with Crippen LogP contribution in [0, 0.1) is 0 Å². The van der Waals surface area contributed by atoms with E-state index in [0.717, 1.165) is 11.0 Å². The fraction of sp³-hybridized carbons (Fsp3) is 0. The summed E-state index contributed by atoms with van der Waals surface area (Å²) < 4.78 is 8.88. The maximum atomic E-state index is 8.88. The van der Waals surface area contributed by atoms with Crippen molar-refractivity contribution in [3.8, 4) is 0 Å². The van der Waals surface area contributed by atoms with Crippen LogP contribution in [-0.2, 0) is 4.57 Å². The van der Waals surface area contributed by atoms with Gasteiger partial charge in [-0.05, 0) is 12.1 Å². The molecule has 0 aliphatic carbocycles. The maximum Gasteiger partial charge on any atom is 0.466 e. The van der Waals surface area contributed by atoms with Gasteiger partial charge in [0.2, 0.25) is 0 Å². The SMILES string of the molecule is Clc1cc2nc[nH]c2cc1Cl.O=P(O)(O)O. The van der Waals surface area contributed by atoms with Crippen LogP contribution < -0.4 is 0 Å². The van der Waals surface area contributed by atoms with Crippen LogP contribution in [0.3, 0.4) is 0 Å². The van der Waals surface area contributed by atoms with Gasteiger partial charge in [-0.15, -0.1) is 0 Å². The number of H-pyrrole nitrogens is 1. The molecule has 16 heavy (non-hydrogen) atoms. The van der Waals surface area contributed by atoms with Crippen LogP contribution in [0.2, 0.25) is 10.0 Å². The third kappa shape index (κ3) is 4.49. The number of fused-ring (bicyclic) bond motifs is 1. The van der Waals surface area contributed by atoms with Gasteiger partial charge in [-0.3, -0.25) is 0 Å². The largest absolute Gasteiger partial charge is 0.466 e. The van der Waals surface area contributed by atoms with E-state index in [9.17, 15) is 0 Å². The summed E-state index contributed by atoms with van der Waals surface area (Å²) in [5, 5.41) is 1.08. The summed E-state index contributed by atoms with van der Waals surface area (Å²) in [5.74, 6) is 0. The number of hydrogen-bond donors (Lipinski definition) is 4. The Bertz CT molecular complexity index is 494. The lowest BCUT2D eigenvalue weighted by Crippen LogP contribution is -1.71. The summed E-state index contributed by atoms with van der Waals surface area (Å²) in [7, 11) is -4.64. The Hall–Kier alpha value is -0.620. The summed E-state index contributed by atoms with van der Waals surface area (Å²) in [6.07, 6.45) is 1.61. The molecule has 6 nitrogen and oxygen atoms in total. The van der Waals surface area contributed by atoms with Crippen molar-refractivity contribution < 1.29 is 19.2 Å². The monoisotopic (exact) mass is 284 g/mol. The number of halogens is 2. The molecule has 9 heteroatoms. The zero-order valence-electron chi connectivity index (χ0n) is 7.63. The highest BCUT2D eigenvalue weighted by Gasteiger charge is 2.01. The standard InChI is InChI=1S/C7H4Cl2N2.H3O4P/c8-4-1-6-7(2-5(4)9)11-3-10-6;1-5(2,3)4/h1-3H,(H,10,11);(H3,1,2,3,4). The quantitative estimate of drug-likeness (QED) is 0.553. The Labute approximate surface area is 100 Å².